The molecule has 3 atom stereocenters. The molecule has 10 heavy (non-hydrogen) atoms. The number of hydrogen-bond acceptors (Lipinski definition) is 2. The van der Waals surface area contributed by atoms with E-state index in [9.17, 15) is 5.11 Å². The van der Waals surface area contributed by atoms with Crippen LogP contribution in [0.1, 0.15) is 26.2 Å². The summed E-state index contributed by atoms with van der Waals surface area (Å²) in [6.07, 6.45) is 3.44. The van der Waals surface area contributed by atoms with Gasteiger partial charge in [0, 0.05) is 0 Å². The van der Waals surface area contributed by atoms with Gasteiger partial charge in [-0.3, -0.25) is 0 Å². The highest BCUT2D eigenvalue weighted by molar-refractivity contribution is 5.01. The van der Waals surface area contributed by atoms with Gasteiger partial charge < -0.3 is 9.84 Å². The first-order valence-electron chi connectivity index (χ1n) is 4.07. The van der Waals surface area contributed by atoms with Gasteiger partial charge >= 0.3 is 0 Å². The topological polar surface area (TPSA) is 32.8 Å². The molecule has 1 saturated carbocycles. The lowest BCUT2D eigenvalue weighted by Crippen LogP contribution is -2.37. The third-order valence-electron chi connectivity index (χ3n) is 2.96. The predicted octanol–water partition coefficient (Wildman–Crippen LogP) is 0.936. The van der Waals surface area contributed by atoms with Crippen LogP contribution in [0, 0.1) is 5.92 Å². The zero-order valence-electron chi connectivity index (χ0n) is 6.34. The van der Waals surface area contributed by atoms with E-state index in [1.165, 1.54) is 0 Å². The molecule has 0 aromatic rings. The smallest absolute Gasteiger partial charge is 0.110 e. The van der Waals surface area contributed by atoms with Crippen molar-refractivity contribution >= 4 is 0 Å². The molecule has 1 saturated heterocycles. The average molecular weight is 142 g/mol. The predicted molar refractivity (Wildman–Crippen MR) is 37.7 cm³/mol. The zero-order valence-corrected chi connectivity index (χ0v) is 6.34. The molecule has 1 aliphatic carbocycles. The summed E-state index contributed by atoms with van der Waals surface area (Å²) < 4.78 is 5.12. The number of rotatable bonds is 1. The Morgan fingerprint density at radius 1 is 1.60 bits per heavy atom. The molecule has 3 unspecified atom stereocenters. The SMILES string of the molecule is CC1CCCC1(O)C1CO1. The highest BCUT2D eigenvalue weighted by atomic mass is 16.6. The van der Waals surface area contributed by atoms with Crippen molar-refractivity contribution in [2.45, 2.75) is 37.9 Å². The van der Waals surface area contributed by atoms with Crippen LogP contribution in [0.3, 0.4) is 0 Å². The third kappa shape index (κ3) is 0.789. The number of hydrogen-bond donors (Lipinski definition) is 1. The van der Waals surface area contributed by atoms with Gasteiger partial charge in [-0.15, -0.1) is 0 Å². The molecule has 2 aliphatic rings. The molecule has 1 heterocycles. The first-order valence-corrected chi connectivity index (χ1v) is 4.07. The molecule has 0 aromatic heterocycles. The molecule has 0 aromatic carbocycles. The van der Waals surface area contributed by atoms with Crippen molar-refractivity contribution in [1.29, 1.82) is 0 Å². The Labute approximate surface area is 61.2 Å². The lowest BCUT2D eigenvalue weighted by molar-refractivity contribution is -0.0165. The summed E-state index contributed by atoms with van der Waals surface area (Å²) >= 11 is 0. The maximum absolute atomic E-state index is 9.97. The summed E-state index contributed by atoms with van der Waals surface area (Å²) in [4.78, 5) is 0. The summed E-state index contributed by atoms with van der Waals surface area (Å²) in [5, 5.41) is 9.97. The fourth-order valence-corrected chi connectivity index (χ4v) is 2.00. The fourth-order valence-electron chi connectivity index (χ4n) is 2.00. The van der Waals surface area contributed by atoms with Crippen molar-refractivity contribution in [1.82, 2.24) is 0 Å². The Morgan fingerprint density at radius 3 is 2.70 bits per heavy atom. The fraction of sp³-hybridized carbons (Fsp3) is 1.00. The van der Waals surface area contributed by atoms with Crippen molar-refractivity contribution in [2.24, 2.45) is 5.92 Å². The third-order valence-corrected chi connectivity index (χ3v) is 2.96. The molecule has 0 bridgehead atoms. The maximum atomic E-state index is 9.97. The molecule has 58 valence electrons. The van der Waals surface area contributed by atoms with Crippen molar-refractivity contribution in [3.63, 3.8) is 0 Å². The Bertz CT molecular complexity index is 142. The molecule has 2 fully saturated rings. The average Bonchev–Trinajstić information content (AvgIpc) is 2.65. The Balaban J connectivity index is 2.10. The van der Waals surface area contributed by atoms with E-state index in [1.807, 2.05) is 0 Å². The lowest BCUT2D eigenvalue weighted by atomic mass is 9.89. The minimum Gasteiger partial charge on any atom is -0.387 e. The van der Waals surface area contributed by atoms with Crippen LogP contribution in [0.25, 0.3) is 0 Å². The molecule has 1 aliphatic heterocycles. The van der Waals surface area contributed by atoms with Crippen LogP contribution in [0.5, 0.6) is 0 Å². The lowest BCUT2D eigenvalue weighted by Gasteiger charge is -2.24. The first kappa shape index (κ1) is 6.62. The van der Waals surface area contributed by atoms with Crippen molar-refractivity contribution in [2.75, 3.05) is 6.61 Å². The van der Waals surface area contributed by atoms with Crippen LogP contribution in [0.15, 0.2) is 0 Å². The van der Waals surface area contributed by atoms with E-state index < -0.39 is 5.60 Å². The van der Waals surface area contributed by atoms with E-state index in [-0.39, 0.29) is 6.10 Å². The highest BCUT2D eigenvalue weighted by Crippen LogP contribution is 2.42. The second-order valence-electron chi connectivity index (χ2n) is 3.61. The minimum atomic E-state index is -0.458. The van der Waals surface area contributed by atoms with Gasteiger partial charge in [-0.1, -0.05) is 13.3 Å². The summed E-state index contributed by atoms with van der Waals surface area (Å²) in [7, 11) is 0. The molecule has 0 spiro atoms. The molecular weight excluding hydrogens is 128 g/mol. The number of ether oxygens (including phenoxy) is 1. The molecule has 2 nitrogen and oxygen atoms in total. The van der Waals surface area contributed by atoms with Crippen LogP contribution >= 0.6 is 0 Å². The molecule has 0 amide bonds. The zero-order chi connectivity index (χ0) is 7.19. The Morgan fingerprint density at radius 2 is 2.30 bits per heavy atom. The second-order valence-corrected chi connectivity index (χ2v) is 3.61. The second kappa shape index (κ2) is 1.95. The summed E-state index contributed by atoms with van der Waals surface area (Å²) in [6.45, 7) is 2.90. The van der Waals surface area contributed by atoms with E-state index in [1.54, 1.807) is 0 Å². The van der Waals surface area contributed by atoms with Gasteiger partial charge in [0.05, 0.1) is 12.2 Å². The van der Waals surface area contributed by atoms with E-state index in [2.05, 4.69) is 6.92 Å². The van der Waals surface area contributed by atoms with Crippen LogP contribution in [-0.2, 0) is 4.74 Å². The van der Waals surface area contributed by atoms with Crippen LogP contribution in [-0.4, -0.2) is 23.4 Å². The van der Waals surface area contributed by atoms with Crippen LogP contribution in [0.2, 0.25) is 0 Å². The monoisotopic (exact) mass is 142 g/mol. The van der Waals surface area contributed by atoms with Gasteiger partial charge in [0.25, 0.3) is 0 Å². The first-order chi connectivity index (χ1) is 4.73. The molecule has 2 heteroatoms. The van der Waals surface area contributed by atoms with Crippen molar-refractivity contribution in [3.05, 3.63) is 0 Å². The number of epoxide rings is 1. The minimum absolute atomic E-state index is 0.171. The van der Waals surface area contributed by atoms with Gasteiger partial charge in [-0.25, -0.2) is 0 Å². The van der Waals surface area contributed by atoms with E-state index in [0.29, 0.717) is 5.92 Å². The van der Waals surface area contributed by atoms with Crippen molar-refractivity contribution in [3.8, 4) is 0 Å². The molecular formula is C8H14O2. The van der Waals surface area contributed by atoms with Crippen LogP contribution in [0.4, 0.5) is 0 Å². The van der Waals surface area contributed by atoms with Gasteiger partial charge in [0.15, 0.2) is 0 Å². The van der Waals surface area contributed by atoms with Gasteiger partial charge in [-0.05, 0) is 18.8 Å². The number of aliphatic hydroxyl groups is 1. The normalized spacial score (nSPS) is 53.4. The Hall–Kier alpha value is -0.0800. The largest absolute Gasteiger partial charge is 0.387 e. The quantitative estimate of drug-likeness (QED) is 0.552. The van der Waals surface area contributed by atoms with E-state index in [4.69, 9.17) is 4.74 Å². The van der Waals surface area contributed by atoms with Crippen molar-refractivity contribution < 1.29 is 9.84 Å². The van der Waals surface area contributed by atoms with Gasteiger partial charge in [-0.2, -0.15) is 0 Å². The highest BCUT2D eigenvalue weighted by Gasteiger charge is 2.51. The van der Waals surface area contributed by atoms with Gasteiger partial charge in [0.2, 0.25) is 0 Å². The van der Waals surface area contributed by atoms with Crippen LogP contribution < -0.4 is 0 Å². The standard InChI is InChI=1S/C8H14O2/c1-6-3-2-4-8(6,9)7-5-10-7/h6-7,9H,2-5H2,1H3. The summed E-state index contributed by atoms with van der Waals surface area (Å²) in [5.41, 5.74) is -0.458. The van der Waals surface area contributed by atoms with E-state index in [0.717, 1.165) is 25.9 Å². The molecule has 2 rings (SSSR count). The van der Waals surface area contributed by atoms with E-state index >= 15 is 0 Å². The van der Waals surface area contributed by atoms with Gasteiger partial charge in [0.1, 0.15) is 6.10 Å². The summed E-state index contributed by atoms with van der Waals surface area (Å²) in [6, 6.07) is 0. The maximum Gasteiger partial charge on any atom is 0.110 e. The Kier molecular flexibility index (Phi) is 1.29. The molecule has 0 radical (unpaired) electrons. The summed E-state index contributed by atoms with van der Waals surface area (Å²) in [5.74, 6) is 0.444. The molecule has 1 N–H and O–H groups in total.